The van der Waals surface area contributed by atoms with Crippen LogP contribution in [0.15, 0.2) is 54.6 Å². The van der Waals surface area contributed by atoms with Crippen LogP contribution in [0.1, 0.15) is 23.6 Å². The molecule has 3 aromatic rings. The van der Waals surface area contributed by atoms with Crippen molar-refractivity contribution in [2.45, 2.75) is 33.4 Å². The van der Waals surface area contributed by atoms with E-state index < -0.39 is 17.6 Å². The Morgan fingerprint density at radius 1 is 0.718 bits per heavy atom. The second-order valence-corrected chi connectivity index (χ2v) is 8.92. The number of nitriles is 3. The number of benzene rings is 3. The van der Waals surface area contributed by atoms with Crippen molar-refractivity contribution in [3.63, 3.8) is 0 Å². The van der Waals surface area contributed by atoms with Crippen LogP contribution in [0.25, 0.3) is 0 Å². The number of carbonyl (C=O) groups is 2. The molecule has 1 aliphatic heterocycles. The summed E-state index contributed by atoms with van der Waals surface area (Å²) in [5.41, 5.74) is 1.17. The molecule has 3 aromatic carbocycles. The van der Waals surface area contributed by atoms with E-state index in [1.54, 1.807) is 82.0 Å². The molecule has 0 aromatic heterocycles. The summed E-state index contributed by atoms with van der Waals surface area (Å²) in [7, 11) is 0. The van der Waals surface area contributed by atoms with Gasteiger partial charge in [-0.3, -0.25) is 9.69 Å². The summed E-state index contributed by atoms with van der Waals surface area (Å²) in [6.45, 7) is 6.76. The van der Waals surface area contributed by atoms with Crippen LogP contribution in [0, 0.1) is 55.3 Å². The lowest BCUT2D eigenvalue weighted by Crippen LogP contribution is -2.53. The number of amides is 3. The molecule has 0 aliphatic carbocycles. The molecule has 0 radical (unpaired) electrons. The van der Waals surface area contributed by atoms with Crippen molar-refractivity contribution in [3.8, 4) is 36.0 Å². The SMILES string of the molecule is Cc1ccc(NC2(C)C(=O)N(c3ccc(C)c(OC#N)c3)C(=O)N2c2ccc(C)c(OC#N)c2)cc1OC#N. The highest BCUT2D eigenvalue weighted by Crippen LogP contribution is 2.40. The van der Waals surface area contributed by atoms with E-state index in [0.717, 1.165) is 4.90 Å². The molecule has 1 heterocycles. The highest BCUT2D eigenvalue weighted by molar-refractivity contribution is 6.31. The monoisotopic (exact) mass is 522 g/mol. The number of nitrogens with zero attached hydrogens (tertiary/aromatic N) is 5. The molecule has 1 fully saturated rings. The summed E-state index contributed by atoms with van der Waals surface area (Å²) in [6, 6.07) is 13.7. The van der Waals surface area contributed by atoms with Crippen molar-refractivity contribution in [3.05, 3.63) is 71.3 Å². The number of urea groups is 1. The molecule has 0 spiro atoms. The van der Waals surface area contributed by atoms with E-state index in [1.807, 2.05) is 0 Å². The Morgan fingerprint density at radius 3 is 1.72 bits per heavy atom. The minimum absolute atomic E-state index is 0.189. The Labute approximate surface area is 224 Å². The normalized spacial score (nSPS) is 16.2. The van der Waals surface area contributed by atoms with Gasteiger partial charge in [0.15, 0.2) is 5.66 Å². The first kappa shape index (κ1) is 26.3. The molecule has 39 heavy (non-hydrogen) atoms. The van der Waals surface area contributed by atoms with Gasteiger partial charge < -0.3 is 19.5 Å². The van der Waals surface area contributed by atoms with Crippen LogP contribution in [-0.4, -0.2) is 17.6 Å². The van der Waals surface area contributed by atoms with Gasteiger partial charge in [0.05, 0.1) is 11.4 Å². The number of hydrogen-bond acceptors (Lipinski definition) is 9. The van der Waals surface area contributed by atoms with E-state index >= 15 is 0 Å². The fourth-order valence-electron chi connectivity index (χ4n) is 4.29. The fourth-order valence-corrected chi connectivity index (χ4v) is 4.29. The quantitative estimate of drug-likeness (QED) is 0.334. The summed E-state index contributed by atoms with van der Waals surface area (Å²) in [5.74, 6) is 0.0609. The second kappa shape index (κ2) is 10.3. The predicted octanol–water partition coefficient (Wildman–Crippen LogP) is 4.99. The number of rotatable bonds is 7. The van der Waals surface area contributed by atoms with E-state index in [0.29, 0.717) is 22.4 Å². The summed E-state index contributed by atoms with van der Waals surface area (Å²) in [5, 5.41) is 30.2. The predicted molar refractivity (Wildman–Crippen MR) is 140 cm³/mol. The third-order valence-corrected chi connectivity index (χ3v) is 6.35. The number of nitrogens with one attached hydrogen (secondary N) is 1. The van der Waals surface area contributed by atoms with Crippen LogP contribution in [0.2, 0.25) is 0 Å². The van der Waals surface area contributed by atoms with Gasteiger partial charge in [-0.15, -0.1) is 15.8 Å². The molecule has 4 rings (SSSR count). The zero-order valence-electron chi connectivity index (χ0n) is 21.5. The first-order valence-corrected chi connectivity index (χ1v) is 11.6. The van der Waals surface area contributed by atoms with E-state index in [9.17, 15) is 9.59 Å². The third-order valence-electron chi connectivity index (χ3n) is 6.35. The lowest BCUT2D eigenvalue weighted by atomic mass is 10.1. The Balaban J connectivity index is 1.87. The third kappa shape index (κ3) is 4.71. The molecule has 11 heteroatoms. The lowest BCUT2D eigenvalue weighted by molar-refractivity contribution is -0.120. The smallest absolute Gasteiger partial charge is 0.338 e. The number of carbonyl (C=O) groups excluding carboxylic acids is 2. The molecule has 0 saturated carbocycles. The zero-order valence-corrected chi connectivity index (χ0v) is 21.5. The molecule has 3 amide bonds. The molecular formula is C28H22N6O5. The maximum Gasteiger partial charge on any atom is 0.338 e. The standard InChI is InChI=1S/C28H22N6O5/c1-17-5-8-20(11-23(17)37-14-29)32-28(4)26(35)33(21-9-6-18(2)24(12-21)38-15-30)27(36)34(28)22-10-7-19(3)25(13-22)39-16-31/h5-13,32H,1-4H3. The summed E-state index contributed by atoms with van der Waals surface area (Å²) < 4.78 is 15.1. The average Bonchev–Trinajstić information content (AvgIpc) is 3.09. The van der Waals surface area contributed by atoms with Gasteiger partial charge in [-0.2, -0.15) is 0 Å². The molecule has 1 saturated heterocycles. The molecule has 1 aliphatic rings. The van der Waals surface area contributed by atoms with Crippen LogP contribution in [0.3, 0.4) is 0 Å². The van der Waals surface area contributed by atoms with Crippen molar-refractivity contribution in [1.29, 1.82) is 15.8 Å². The molecule has 1 atom stereocenters. The molecule has 11 nitrogen and oxygen atoms in total. The largest absolute Gasteiger partial charge is 0.388 e. The topological polar surface area (TPSA) is 152 Å². The second-order valence-electron chi connectivity index (χ2n) is 8.92. The first-order valence-electron chi connectivity index (χ1n) is 11.6. The number of hydrogen-bond donors (Lipinski definition) is 1. The van der Waals surface area contributed by atoms with E-state index in [-0.39, 0.29) is 28.6 Å². The van der Waals surface area contributed by atoms with Crippen LogP contribution < -0.4 is 29.3 Å². The van der Waals surface area contributed by atoms with Crippen molar-refractivity contribution in [1.82, 2.24) is 0 Å². The number of anilines is 3. The summed E-state index contributed by atoms with van der Waals surface area (Å²) in [4.78, 5) is 30.2. The number of ether oxygens (including phenoxy) is 3. The molecule has 0 bridgehead atoms. The fraction of sp³-hybridized carbons (Fsp3) is 0.179. The molecule has 194 valence electrons. The van der Waals surface area contributed by atoms with Gasteiger partial charge in [-0.1, -0.05) is 18.2 Å². The Bertz CT molecular complexity index is 1620. The van der Waals surface area contributed by atoms with Gasteiger partial charge >= 0.3 is 6.03 Å². The van der Waals surface area contributed by atoms with Gasteiger partial charge in [0.1, 0.15) is 17.2 Å². The molecule has 1 unspecified atom stereocenters. The minimum atomic E-state index is -1.68. The number of imide groups is 1. The van der Waals surface area contributed by atoms with Crippen molar-refractivity contribution >= 4 is 29.0 Å². The Morgan fingerprint density at radius 2 is 1.18 bits per heavy atom. The van der Waals surface area contributed by atoms with Gasteiger partial charge in [0, 0.05) is 23.9 Å². The maximum atomic E-state index is 14.1. The van der Waals surface area contributed by atoms with E-state index in [2.05, 4.69) is 5.32 Å². The highest BCUT2D eigenvalue weighted by atomic mass is 16.5. The van der Waals surface area contributed by atoms with Crippen LogP contribution in [0.4, 0.5) is 21.9 Å². The lowest BCUT2D eigenvalue weighted by Gasteiger charge is -2.33. The maximum absolute atomic E-state index is 14.1. The summed E-state index contributed by atoms with van der Waals surface area (Å²) in [6.07, 6.45) is 4.87. The average molecular weight is 523 g/mol. The van der Waals surface area contributed by atoms with E-state index in [4.69, 9.17) is 30.0 Å². The van der Waals surface area contributed by atoms with E-state index in [1.165, 1.54) is 24.0 Å². The summed E-state index contributed by atoms with van der Waals surface area (Å²) >= 11 is 0. The Kier molecular flexibility index (Phi) is 6.98. The van der Waals surface area contributed by atoms with Crippen LogP contribution in [0.5, 0.6) is 17.2 Å². The van der Waals surface area contributed by atoms with Crippen molar-refractivity contribution in [2.24, 2.45) is 0 Å². The Hall–Kier alpha value is -5.73. The van der Waals surface area contributed by atoms with Gasteiger partial charge in [-0.05, 0) is 62.6 Å². The van der Waals surface area contributed by atoms with Gasteiger partial charge in [0.25, 0.3) is 24.7 Å². The van der Waals surface area contributed by atoms with Crippen molar-refractivity contribution in [2.75, 3.05) is 15.1 Å². The molecular weight excluding hydrogens is 500 g/mol. The zero-order chi connectivity index (χ0) is 28.3. The van der Waals surface area contributed by atoms with Gasteiger partial charge in [-0.25, -0.2) is 9.69 Å². The van der Waals surface area contributed by atoms with Gasteiger partial charge in [0.2, 0.25) is 0 Å². The molecule has 1 N–H and O–H groups in total. The first-order chi connectivity index (χ1) is 18.6. The minimum Gasteiger partial charge on any atom is -0.388 e. The van der Waals surface area contributed by atoms with Crippen LogP contribution >= 0.6 is 0 Å². The van der Waals surface area contributed by atoms with Crippen molar-refractivity contribution < 1.29 is 23.8 Å². The van der Waals surface area contributed by atoms with Crippen LogP contribution in [-0.2, 0) is 4.79 Å². The number of aryl methyl sites for hydroxylation is 3. The highest BCUT2D eigenvalue weighted by Gasteiger charge is 2.56.